The van der Waals surface area contributed by atoms with Crippen LogP contribution in [0.3, 0.4) is 0 Å². The first-order chi connectivity index (χ1) is 15.8. The number of aromatic nitrogens is 1. The van der Waals surface area contributed by atoms with Crippen molar-refractivity contribution in [2.75, 3.05) is 52.4 Å². The molecule has 0 spiro atoms. The Bertz CT molecular complexity index is 1180. The lowest BCUT2D eigenvalue weighted by Crippen LogP contribution is -2.40. The average molecular weight is 524 g/mol. The molecule has 2 aromatic rings. The molecule has 1 saturated heterocycles. The third-order valence-corrected chi connectivity index (χ3v) is 5.81. The number of hydrogen-bond acceptors (Lipinski definition) is 8. The highest BCUT2D eigenvalue weighted by Crippen LogP contribution is 2.29. The molecule has 11 nitrogen and oxygen atoms in total. The van der Waals surface area contributed by atoms with Crippen LogP contribution in [0.5, 0.6) is 5.88 Å². The summed E-state index contributed by atoms with van der Waals surface area (Å²) >= 11 is 0. The second-order valence-electron chi connectivity index (χ2n) is 8.01. The smallest absolute Gasteiger partial charge is 0.344 e. The molecule has 0 amide bonds. The summed E-state index contributed by atoms with van der Waals surface area (Å²) < 4.78 is 74.9. The topological polar surface area (TPSA) is 155 Å². The van der Waals surface area contributed by atoms with Gasteiger partial charge in [-0.2, -0.15) is 8.42 Å². The van der Waals surface area contributed by atoms with Crippen LogP contribution in [0.1, 0.15) is 23.2 Å². The average Bonchev–Trinajstić information content (AvgIpc) is 3.08. The van der Waals surface area contributed by atoms with E-state index in [1.165, 1.54) is 19.2 Å². The fourth-order valence-electron chi connectivity index (χ4n) is 3.53. The standard InChI is InChI=1S/C19H26FN3O5S.CH4O3S/c1-27-18-17(15-11-14(20)3-4-16(15)22-18)19(24)28-12-13-5-8-23(9-6-13)10-7-21-29(2,25)26;1-5(2,3)4/h3-4,11,13,21-22H,5-10,12H2,1-2H3;1H3,(H,2,3,4). The van der Waals surface area contributed by atoms with Crippen LogP contribution < -0.4 is 9.46 Å². The monoisotopic (exact) mass is 523 g/mol. The van der Waals surface area contributed by atoms with E-state index in [-0.39, 0.29) is 24.0 Å². The maximum Gasteiger partial charge on any atom is 0.344 e. The summed E-state index contributed by atoms with van der Waals surface area (Å²) in [7, 11) is -5.40. The number of nitrogens with zero attached hydrogens (tertiary/aromatic N) is 1. The normalized spacial score (nSPS) is 15.6. The van der Waals surface area contributed by atoms with Gasteiger partial charge in [-0.05, 0) is 50.0 Å². The number of methoxy groups -OCH3 is 1. The van der Waals surface area contributed by atoms with Crippen molar-refractivity contribution >= 4 is 37.0 Å². The van der Waals surface area contributed by atoms with Gasteiger partial charge in [0.2, 0.25) is 15.9 Å². The van der Waals surface area contributed by atoms with E-state index < -0.39 is 31.9 Å². The molecule has 34 heavy (non-hydrogen) atoms. The maximum atomic E-state index is 13.6. The molecule has 0 atom stereocenters. The SMILES string of the molecule is COc1[nH]c2ccc(F)cc2c1C(=O)OCC1CCN(CCNS(C)(=O)=O)CC1.CS(=O)(=O)O. The number of nitrogens with one attached hydrogen (secondary N) is 2. The number of piperidine rings is 1. The third-order valence-electron chi connectivity index (χ3n) is 5.08. The molecule has 0 unspecified atom stereocenters. The molecule has 14 heteroatoms. The Hall–Kier alpha value is -2.26. The van der Waals surface area contributed by atoms with Gasteiger partial charge in [-0.1, -0.05) is 0 Å². The van der Waals surface area contributed by atoms with E-state index in [4.69, 9.17) is 14.0 Å². The second-order valence-corrected chi connectivity index (χ2v) is 11.3. The summed E-state index contributed by atoms with van der Waals surface area (Å²) in [6.07, 6.45) is 3.56. The van der Waals surface area contributed by atoms with Crippen LogP contribution in [0.2, 0.25) is 0 Å². The molecule has 1 aromatic heterocycles. The minimum atomic E-state index is -3.67. The van der Waals surface area contributed by atoms with E-state index in [0.717, 1.165) is 32.2 Å². The molecule has 1 aliphatic rings. The van der Waals surface area contributed by atoms with Gasteiger partial charge < -0.3 is 19.4 Å². The lowest BCUT2D eigenvalue weighted by Gasteiger charge is -2.31. The van der Waals surface area contributed by atoms with Crippen LogP contribution in [0, 0.1) is 11.7 Å². The first-order valence-electron chi connectivity index (χ1n) is 10.4. The summed E-state index contributed by atoms with van der Waals surface area (Å²) in [5, 5.41) is 0.431. The van der Waals surface area contributed by atoms with E-state index in [2.05, 4.69) is 14.6 Å². The number of fused-ring (bicyclic) bond motifs is 1. The van der Waals surface area contributed by atoms with E-state index in [0.29, 0.717) is 30.2 Å². The lowest BCUT2D eigenvalue weighted by atomic mass is 9.98. The molecule has 3 rings (SSSR count). The summed E-state index contributed by atoms with van der Waals surface area (Å²) in [4.78, 5) is 17.8. The van der Waals surface area contributed by atoms with Gasteiger partial charge in [0, 0.05) is 24.0 Å². The number of rotatable bonds is 8. The van der Waals surface area contributed by atoms with Crippen LogP contribution in [0.4, 0.5) is 4.39 Å². The molecule has 1 aromatic carbocycles. The largest absolute Gasteiger partial charge is 0.482 e. The Morgan fingerprint density at radius 3 is 2.41 bits per heavy atom. The molecule has 0 aliphatic carbocycles. The number of carbonyl (C=O) groups is 1. The lowest BCUT2D eigenvalue weighted by molar-refractivity contribution is 0.0372. The molecule has 0 bridgehead atoms. The zero-order valence-electron chi connectivity index (χ0n) is 19.2. The Kier molecular flexibility index (Phi) is 9.82. The van der Waals surface area contributed by atoms with Gasteiger partial charge in [0.05, 0.1) is 26.2 Å². The van der Waals surface area contributed by atoms with Crippen molar-refractivity contribution in [3.05, 3.63) is 29.6 Å². The first kappa shape index (κ1) is 28.0. The van der Waals surface area contributed by atoms with Crippen molar-refractivity contribution in [1.82, 2.24) is 14.6 Å². The highest BCUT2D eigenvalue weighted by molar-refractivity contribution is 7.88. The minimum Gasteiger partial charge on any atom is -0.482 e. The van der Waals surface area contributed by atoms with Gasteiger partial charge in [-0.3, -0.25) is 4.55 Å². The third kappa shape index (κ3) is 9.54. The van der Waals surface area contributed by atoms with Crippen LogP contribution >= 0.6 is 0 Å². The highest BCUT2D eigenvalue weighted by atomic mass is 32.2. The molecule has 0 radical (unpaired) electrons. The van der Waals surface area contributed by atoms with Crippen molar-refractivity contribution in [3.8, 4) is 5.88 Å². The molecular weight excluding hydrogens is 493 g/mol. The summed E-state index contributed by atoms with van der Waals surface area (Å²) in [5.41, 5.74) is 0.803. The van der Waals surface area contributed by atoms with E-state index in [1.807, 2.05) is 0 Å². The van der Waals surface area contributed by atoms with Gasteiger partial charge in [0.15, 0.2) is 0 Å². The number of carbonyl (C=O) groups excluding carboxylic acids is 1. The number of hydrogen-bond donors (Lipinski definition) is 3. The number of ether oxygens (including phenoxy) is 2. The molecule has 2 heterocycles. The Morgan fingerprint density at radius 2 is 1.85 bits per heavy atom. The van der Waals surface area contributed by atoms with E-state index >= 15 is 0 Å². The number of esters is 1. The first-order valence-corrected chi connectivity index (χ1v) is 14.1. The summed E-state index contributed by atoms with van der Waals surface area (Å²) in [6, 6.07) is 4.15. The van der Waals surface area contributed by atoms with Crippen molar-refractivity contribution in [2.24, 2.45) is 5.92 Å². The van der Waals surface area contributed by atoms with Crippen LogP contribution in [-0.2, 0) is 24.9 Å². The van der Waals surface area contributed by atoms with Gasteiger partial charge >= 0.3 is 5.97 Å². The quantitative estimate of drug-likeness (QED) is 0.342. The second kappa shape index (κ2) is 11.9. The maximum absolute atomic E-state index is 13.6. The summed E-state index contributed by atoms with van der Waals surface area (Å²) in [6.45, 7) is 2.94. The molecule has 192 valence electrons. The number of H-pyrrole nitrogens is 1. The Morgan fingerprint density at radius 1 is 1.24 bits per heavy atom. The van der Waals surface area contributed by atoms with Crippen molar-refractivity contribution in [2.45, 2.75) is 12.8 Å². The molecular formula is C20H30FN3O8S2. The number of aromatic amines is 1. The molecule has 1 fully saturated rings. The van der Waals surface area contributed by atoms with Gasteiger partial charge in [-0.15, -0.1) is 0 Å². The highest BCUT2D eigenvalue weighted by Gasteiger charge is 2.24. The predicted molar refractivity (Wildman–Crippen MR) is 125 cm³/mol. The summed E-state index contributed by atoms with van der Waals surface area (Å²) in [5.74, 6) is -0.501. The molecule has 3 N–H and O–H groups in total. The van der Waals surface area contributed by atoms with Crippen LogP contribution in [0.25, 0.3) is 10.9 Å². The van der Waals surface area contributed by atoms with E-state index in [1.54, 1.807) is 6.07 Å². The Balaban J connectivity index is 0.000000739. The minimum absolute atomic E-state index is 0.200. The predicted octanol–water partition coefficient (Wildman–Crippen LogP) is 1.24. The van der Waals surface area contributed by atoms with Gasteiger partial charge in [-0.25, -0.2) is 22.3 Å². The number of sulfonamides is 1. The van der Waals surface area contributed by atoms with Crippen LogP contribution in [-0.4, -0.2) is 89.6 Å². The Labute approximate surface area is 198 Å². The van der Waals surface area contributed by atoms with Crippen molar-refractivity contribution in [1.29, 1.82) is 0 Å². The fourth-order valence-corrected chi connectivity index (χ4v) is 3.99. The number of halogens is 1. The van der Waals surface area contributed by atoms with E-state index in [9.17, 15) is 26.0 Å². The molecule has 1 aliphatic heterocycles. The zero-order chi connectivity index (χ0) is 25.5. The van der Waals surface area contributed by atoms with Crippen molar-refractivity contribution in [3.63, 3.8) is 0 Å². The van der Waals surface area contributed by atoms with Gasteiger partial charge in [0.25, 0.3) is 10.1 Å². The number of benzene rings is 1. The van der Waals surface area contributed by atoms with Gasteiger partial charge in [0.1, 0.15) is 11.4 Å². The fraction of sp³-hybridized carbons (Fsp3) is 0.550. The van der Waals surface area contributed by atoms with Crippen LogP contribution in [0.15, 0.2) is 18.2 Å². The van der Waals surface area contributed by atoms with Crippen molar-refractivity contribution < 1.29 is 40.0 Å². The number of likely N-dealkylation sites (tertiary alicyclic amines) is 1. The zero-order valence-corrected chi connectivity index (χ0v) is 20.8. The molecule has 0 saturated carbocycles.